The summed E-state index contributed by atoms with van der Waals surface area (Å²) < 4.78 is 27.6. The first-order valence-corrected chi connectivity index (χ1v) is 9.73. The standard InChI is InChI=1S/C16H18N2O3S2/c1-2-13-8-9-14(22-13)23(20,21)18-11-10-17-16(19)15(18)12-6-4-3-5-7-12/h3-9,15H,2,10-11H2,1H3,(H,17,19). The molecule has 3 rings (SSSR count). The number of sulfonamides is 1. The molecule has 5 nitrogen and oxygen atoms in total. The fourth-order valence-corrected chi connectivity index (χ4v) is 5.66. The zero-order valence-electron chi connectivity index (χ0n) is 12.7. The molecule has 1 fully saturated rings. The fourth-order valence-electron chi connectivity index (χ4n) is 2.66. The number of nitrogens with one attached hydrogen (secondary N) is 1. The van der Waals surface area contributed by atoms with Crippen LogP contribution >= 0.6 is 11.3 Å². The highest BCUT2D eigenvalue weighted by Crippen LogP contribution is 2.32. The number of nitrogens with zero attached hydrogens (tertiary/aromatic N) is 1. The Balaban J connectivity index is 2.02. The van der Waals surface area contributed by atoms with Crippen molar-refractivity contribution in [2.24, 2.45) is 0 Å². The lowest BCUT2D eigenvalue weighted by Gasteiger charge is -2.33. The molecule has 1 aromatic heterocycles. The van der Waals surface area contributed by atoms with E-state index in [-0.39, 0.29) is 12.5 Å². The van der Waals surface area contributed by atoms with Crippen molar-refractivity contribution in [1.29, 1.82) is 0 Å². The van der Waals surface area contributed by atoms with E-state index < -0.39 is 16.1 Å². The summed E-state index contributed by atoms with van der Waals surface area (Å²) in [5.41, 5.74) is 0.681. The quantitative estimate of drug-likeness (QED) is 0.919. The van der Waals surface area contributed by atoms with Crippen LogP contribution in [0.3, 0.4) is 0 Å². The van der Waals surface area contributed by atoms with Crippen molar-refractivity contribution in [1.82, 2.24) is 9.62 Å². The largest absolute Gasteiger partial charge is 0.353 e. The van der Waals surface area contributed by atoms with Crippen LogP contribution in [0.5, 0.6) is 0 Å². The number of hydrogen-bond donors (Lipinski definition) is 1. The Bertz CT molecular complexity index is 800. The maximum atomic E-state index is 13.0. The summed E-state index contributed by atoms with van der Waals surface area (Å²) in [6, 6.07) is 11.7. The highest BCUT2D eigenvalue weighted by molar-refractivity contribution is 7.91. The second kappa shape index (κ2) is 6.43. The molecule has 1 unspecified atom stereocenters. The molecule has 1 N–H and O–H groups in total. The third-order valence-electron chi connectivity index (χ3n) is 3.83. The van der Waals surface area contributed by atoms with Gasteiger partial charge in [0.1, 0.15) is 10.3 Å². The molecule has 1 atom stereocenters. The Kier molecular flexibility index (Phi) is 4.52. The summed E-state index contributed by atoms with van der Waals surface area (Å²) in [5.74, 6) is -0.279. The van der Waals surface area contributed by atoms with E-state index in [1.165, 1.54) is 15.6 Å². The van der Waals surface area contributed by atoms with Gasteiger partial charge in [-0.15, -0.1) is 11.3 Å². The first-order chi connectivity index (χ1) is 11.0. The van der Waals surface area contributed by atoms with Crippen LogP contribution in [0.2, 0.25) is 0 Å². The van der Waals surface area contributed by atoms with Crippen LogP contribution in [0.25, 0.3) is 0 Å². The summed E-state index contributed by atoms with van der Waals surface area (Å²) in [5, 5.41) is 2.76. The summed E-state index contributed by atoms with van der Waals surface area (Å²) in [7, 11) is -3.69. The molecule has 23 heavy (non-hydrogen) atoms. The SMILES string of the molecule is CCc1ccc(S(=O)(=O)N2CCNC(=O)C2c2ccccc2)s1. The third-order valence-corrected chi connectivity index (χ3v) is 7.39. The van der Waals surface area contributed by atoms with Crippen molar-refractivity contribution in [2.75, 3.05) is 13.1 Å². The number of aryl methyl sites for hydroxylation is 1. The van der Waals surface area contributed by atoms with Gasteiger partial charge in [-0.05, 0) is 24.1 Å². The highest BCUT2D eigenvalue weighted by Gasteiger charge is 2.39. The van der Waals surface area contributed by atoms with Crippen molar-refractivity contribution < 1.29 is 13.2 Å². The van der Waals surface area contributed by atoms with Gasteiger partial charge in [0.15, 0.2) is 0 Å². The molecule has 2 aromatic rings. The number of piperazine rings is 1. The van der Waals surface area contributed by atoms with Gasteiger partial charge in [-0.1, -0.05) is 37.3 Å². The number of carbonyl (C=O) groups is 1. The molecule has 0 bridgehead atoms. The van der Waals surface area contributed by atoms with E-state index in [1.807, 2.05) is 31.2 Å². The van der Waals surface area contributed by atoms with Gasteiger partial charge in [-0.3, -0.25) is 4.79 Å². The van der Waals surface area contributed by atoms with Crippen molar-refractivity contribution in [3.05, 3.63) is 52.9 Å². The molecule has 1 amide bonds. The Morgan fingerprint density at radius 3 is 2.61 bits per heavy atom. The average Bonchev–Trinajstić information content (AvgIpc) is 3.05. The topological polar surface area (TPSA) is 66.5 Å². The van der Waals surface area contributed by atoms with Gasteiger partial charge < -0.3 is 5.32 Å². The molecule has 1 aliphatic rings. The monoisotopic (exact) mass is 350 g/mol. The average molecular weight is 350 g/mol. The zero-order valence-corrected chi connectivity index (χ0v) is 14.4. The Hall–Kier alpha value is -1.70. The molecule has 7 heteroatoms. The fraction of sp³-hybridized carbons (Fsp3) is 0.312. The van der Waals surface area contributed by atoms with Crippen LogP contribution in [0.4, 0.5) is 0 Å². The van der Waals surface area contributed by atoms with Gasteiger partial charge in [-0.2, -0.15) is 4.31 Å². The van der Waals surface area contributed by atoms with Gasteiger partial charge in [0, 0.05) is 18.0 Å². The van der Waals surface area contributed by atoms with E-state index >= 15 is 0 Å². The smallest absolute Gasteiger partial charge is 0.253 e. The number of rotatable bonds is 4. The molecular formula is C16H18N2O3S2. The van der Waals surface area contributed by atoms with Crippen molar-refractivity contribution >= 4 is 27.3 Å². The Morgan fingerprint density at radius 1 is 1.22 bits per heavy atom. The molecule has 0 aliphatic carbocycles. The maximum absolute atomic E-state index is 13.0. The first kappa shape index (κ1) is 16.2. The molecule has 1 saturated heterocycles. The lowest BCUT2D eigenvalue weighted by atomic mass is 10.1. The van der Waals surface area contributed by atoms with E-state index in [9.17, 15) is 13.2 Å². The van der Waals surface area contributed by atoms with Crippen LogP contribution in [0.15, 0.2) is 46.7 Å². The van der Waals surface area contributed by atoms with Gasteiger partial charge in [-0.25, -0.2) is 8.42 Å². The lowest BCUT2D eigenvalue weighted by molar-refractivity contribution is -0.126. The minimum atomic E-state index is -3.69. The Labute approximate surface area is 140 Å². The molecule has 1 aromatic carbocycles. The van der Waals surface area contributed by atoms with Crippen LogP contribution < -0.4 is 5.32 Å². The van der Waals surface area contributed by atoms with Gasteiger partial charge in [0.2, 0.25) is 5.91 Å². The molecule has 2 heterocycles. The van der Waals surface area contributed by atoms with Crippen molar-refractivity contribution in [3.8, 4) is 0 Å². The van der Waals surface area contributed by atoms with Gasteiger partial charge in [0.05, 0.1) is 0 Å². The van der Waals surface area contributed by atoms with Crippen LogP contribution in [-0.4, -0.2) is 31.7 Å². The number of benzene rings is 1. The first-order valence-electron chi connectivity index (χ1n) is 7.47. The predicted octanol–water partition coefficient (Wildman–Crippen LogP) is 2.17. The third kappa shape index (κ3) is 3.04. The molecule has 1 aliphatic heterocycles. The van der Waals surface area contributed by atoms with Crippen molar-refractivity contribution in [3.63, 3.8) is 0 Å². The molecule has 0 spiro atoms. The highest BCUT2D eigenvalue weighted by atomic mass is 32.2. The molecular weight excluding hydrogens is 332 g/mol. The second-order valence-electron chi connectivity index (χ2n) is 5.29. The minimum Gasteiger partial charge on any atom is -0.353 e. The van der Waals surface area contributed by atoms with E-state index in [4.69, 9.17) is 0 Å². The zero-order chi connectivity index (χ0) is 16.4. The van der Waals surface area contributed by atoms with Crippen molar-refractivity contribution in [2.45, 2.75) is 23.6 Å². The van der Waals surface area contributed by atoms with Gasteiger partial charge >= 0.3 is 0 Å². The van der Waals surface area contributed by atoms with Gasteiger partial charge in [0.25, 0.3) is 10.0 Å². The Morgan fingerprint density at radius 2 is 1.96 bits per heavy atom. The number of hydrogen-bond acceptors (Lipinski definition) is 4. The summed E-state index contributed by atoms with van der Waals surface area (Å²) >= 11 is 1.27. The van der Waals surface area contributed by atoms with E-state index in [0.717, 1.165) is 11.3 Å². The number of amides is 1. The summed E-state index contributed by atoms with van der Waals surface area (Å²) in [4.78, 5) is 13.3. The summed E-state index contributed by atoms with van der Waals surface area (Å²) in [6.07, 6.45) is 0.794. The van der Waals surface area contributed by atoms with E-state index in [2.05, 4.69) is 5.32 Å². The lowest BCUT2D eigenvalue weighted by Crippen LogP contribution is -2.51. The second-order valence-corrected chi connectivity index (χ2v) is 8.58. The molecule has 0 saturated carbocycles. The summed E-state index contributed by atoms with van der Waals surface area (Å²) in [6.45, 7) is 2.59. The normalized spacial score (nSPS) is 19.5. The molecule has 122 valence electrons. The maximum Gasteiger partial charge on any atom is 0.253 e. The number of thiophene rings is 1. The van der Waals surface area contributed by atoms with Crippen LogP contribution in [0, 0.1) is 0 Å². The minimum absolute atomic E-state index is 0.271. The van der Waals surface area contributed by atoms with Crippen LogP contribution in [0.1, 0.15) is 23.4 Å². The van der Waals surface area contributed by atoms with E-state index in [0.29, 0.717) is 16.3 Å². The molecule has 0 radical (unpaired) electrons. The predicted molar refractivity (Wildman–Crippen MR) is 89.8 cm³/mol. The van der Waals surface area contributed by atoms with E-state index in [1.54, 1.807) is 18.2 Å². The van der Waals surface area contributed by atoms with Crippen LogP contribution in [-0.2, 0) is 21.2 Å². The number of carbonyl (C=O) groups excluding carboxylic acids is 1.